The van der Waals surface area contributed by atoms with Gasteiger partial charge in [-0.15, -0.1) is 22.7 Å². The van der Waals surface area contributed by atoms with Crippen molar-refractivity contribution in [3.8, 4) is 10.7 Å². The van der Waals surface area contributed by atoms with Crippen LogP contribution in [0.2, 0.25) is 0 Å². The van der Waals surface area contributed by atoms with Gasteiger partial charge in [-0.05, 0) is 36.1 Å². The van der Waals surface area contributed by atoms with Crippen LogP contribution < -0.4 is 5.32 Å². The van der Waals surface area contributed by atoms with Crippen molar-refractivity contribution in [2.45, 2.75) is 6.92 Å². The van der Waals surface area contributed by atoms with E-state index < -0.39 is 0 Å². The van der Waals surface area contributed by atoms with E-state index in [-0.39, 0.29) is 0 Å². The lowest BCUT2D eigenvalue weighted by molar-refractivity contribution is 1.21. The topological polar surface area (TPSA) is 37.8 Å². The number of aryl methyl sites for hydroxylation is 1. The predicted octanol–water partition coefficient (Wildman–Crippen LogP) is 4.92. The molecule has 0 unspecified atom stereocenters. The second-order valence-electron chi connectivity index (χ2n) is 4.88. The number of anilines is 1. The van der Waals surface area contributed by atoms with Gasteiger partial charge in [0.15, 0.2) is 5.82 Å². The quantitative estimate of drug-likeness (QED) is 0.571. The molecule has 4 rings (SSSR count). The van der Waals surface area contributed by atoms with Crippen LogP contribution in [0.15, 0.2) is 35.7 Å². The summed E-state index contributed by atoms with van der Waals surface area (Å²) in [6.07, 6.45) is 0. The zero-order valence-electron chi connectivity index (χ0n) is 11.7. The molecule has 3 heterocycles. The smallest absolute Gasteiger partial charge is 0.172 e. The minimum atomic E-state index is 0.801. The van der Waals surface area contributed by atoms with Crippen molar-refractivity contribution in [1.82, 2.24) is 9.97 Å². The molecule has 0 aliphatic rings. The van der Waals surface area contributed by atoms with Crippen molar-refractivity contribution in [3.63, 3.8) is 0 Å². The molecule has 0 atom stereocenters. The second-order valence-corrected chi connectivity index (χ2v) is 6.91. The zero-order chi connectivity index (χ0) is 14.4. The molecule has 0 spiro atoms. The van der Waals surface area contributed by atoms with Gasteiger partial charge in [-0.25, -0.2) is 9.97 Å². The number of benzene rings is 1. The fraction of sp³-hybridized carbons (Fsp3) is 0.125. The molecule has 21 heavy (non-hydrogen) atoms. The van der Waals surface area contributed by atoms with E-state index >= 15 is 0 Å². The maximum atomic E-state index is 4.79. The molecular weight excluding hydrogens is 298 g/mol. The van der Waals surface area contributed by atoms with Crippen LogP contribution in [0.1, 0.15) is 5.56 Å². The summed E-state index contributed by atoms with van der Waals surface area (Å²) >= 11 is 3.51. The van der Waals surface area contributed by atoms with Gasteiger partial charge in [-0.3, -0.25) is 0 Å². The number of hydrogen-bond acceptors (Lipinski definition) is 5. The highest BCUT2D eigenvalue weighted by Gasteiger charge is 2.12. The Morgan fingerprint density at radius 1 is 1.10 bits per heavy atom. The fourth-order valence-corrected chi connectivity index (χ4v) is 4.52. The molecule has 3 aromatic heterocycles. The van der Waals surface area contributed by atoms with Gasteiger partial charge in [-0.1, -0.05) is 12.1 Å². The van der Waals surface area contributed by atoms with Crippen molar-refractivity contribution in [1.29, 1.82) is 0 Å². The van der Waals surface area contributed by atoms with Crippen LogP contribution in [0.25, 0.3) is 31.0 Å². The normalized spacial score (nSPS) is 11.3. The summed E-state index contributed by atoms with van der Waals surface area (Å²) < 4.78 is 2.60. The molecule has 0 aliphatic carbocycles. The molecule has 1 aromatic carbocycles. The van der Waals surface area contributed by atoms with Gasteiger partial charge < -0.3 is 5.32 Å². The molecule has 0 amide bonds. The Morgan fingerprint density at radius 2 is 2.00 bits per heavy atom. The first kappa shape index (κ1) is 12.7. The number of para-hydroxylation sites is 1. The Hall–Kier alpha value is -1.98. The summed E-state index contributed by atoms with van der Waals surface area (Å²) in [6, 6.07) is 10.5. The third-order valence-electron chi connectivity index (χ3n) is 3.52. The molecule has 0 saturated carbocycles. The average Bonchev–Trinajstić information content (AvgIpc) is 3.08. The van der Waals surface area contributed by atoms with Gasteiger partial charge in [0.25, 0.3) is 0 Å². The molecule has 1 N–H and O–H groups in total. The van der Waals surface area contributed by atoms with E-state index in [1.165, 1.54) is 15.0 Å². The van der Waals surface area contributed by atoms with Crippen molar-refractivity contribution in [3.05, 3.63) is 41.3 Å². The minimum Gasteiger partial charge on any atom is -0.373 e. The molecule has 0 radical (unpaired) electrons. The first-order valence-corrected chi connectivity index (χ1v) is 8.38. The van der Waals surface area contributed by atoms with E-state index in [1.807, 2.05) is 13.1 Å². The molecule has 0 bridgehead atoms. The second kappa shape index (κ2) is 4.79. The molecule has 5 heteroatoms. The highest BCUT2D eigenvalue weighted by molar-refractivity contribution is 7.28. The summed E-state index contributed by atoms with van der Waals surface area (Å²) in [5.74, 6) is 1.69. The lowest BCUT2D eigenvalue weighted by atomic mass is 10.1. The fourth-order valence-electron chi connectivity index (χ4n) is 2.47. The van der Waals surface area contributed by atoms with Gasteiger partial charge in [0.05, 0.1) is 10.4 Å². The van der Waals surface area contributed by atoms with Crippen LogP contribution in [0.4, 0.5) is 5.82 Å². The van der Waals surface area contributed by atoms with E-state index in [1.54, 1.807) is 22.7 Å². The van der Waals surface area contributed by atoms with E-state index in [9.17, 15) is 0 Å². The van der Waals surface area contributed by atoms with Crippen LogP contribution in [-0.4, -0.2) is 17.0 Å². The van der Waals surface area contributed by atoms with Crippen molar-refractivity contribution < 1.29 is 0 Å². The van der Waals surface area contributed by atoms with Crippen LogP contribution in [0.5, 0.6) is 0 Å². The largest absolute Gasteiger partial charge is 0.373 e. The number of fused-ring (bicyclic) bond motifs is 2. The van der Waals surface area contributed by atoms with E-state index in [2.05, 4.69) is 41.9 Å². The van der Waals surface area contributed by atoms with Crippen molar-refractivity contribution in [2.75, 3.05) is 12.4 Å². The standard InChI is InChI=1S/C16H13N3S2/c1-9-4-3-5-10-14(9)18-16(19-15(10)17-2)13-8-12-11(21-13)6-7-20-12/h3-8H,1-2H3,(H,17,18,19). The first-order chi connectivity index (χ1) is 10.3. The maximum Gasteiger partial charge on any atom is 0.172 e. The van der Waals surface area contributed by atoms with Crippen LogP contribution in [0, 0.1) is 6.92 Å². The predicted molar refractivity (Wildman–Crippen MR) is 92.5 cm³/mol. The van der Waals surface area contributed by atoms with E-state index in [0.29, 0.717) is 0 Å². The third kappa shape index (κ3) is 2.01. The number of nitrogens with one attached hydrogen (secondary N) is 1. The van der Waals surface area contributed by atoms with Gasteiger partial charge in [0, 0.05) is 21.8 Å². The zero-order valence-corrected chi connectivity index (χ0v) is 13.3. The summed E-state index contributed by atoms with van der Waals surface area (Å²) in [4.78, 5) is 10.6. The van der Waals surface area contributed by atoms with Crippen molar-refractivity contribution >= 4 is 48.8 Å². The lowest BCUT2D eigenvalue weighted by Gasteiger charge is -2.08. The van der Waals surface area contributed by atoms with E-state index in [4.69, 9.17) is 9.97 Å². The molecular formula is C16H13N3S2. The van der Waals surface area contributed by atoms with E-state index in [0.717, 1.165) is 27.4 Å². The maximum absolute atomic E-state index is 4.79. The minimum absolute atomic E-state index is 0.801. The number of aromatic nitrogens is 2. The van der Waals surface area contributed by atoms with Gasteiger partial charge in [0.2, 0.25) is 0 Å². The summed E-state index contributed by atoms with van der Waals surface area (Å²) in [6.45, 7) is 2.09. The monoisotopic (exact) mass is 311 g/mol. The molecule has 4 aromatic rings. The molecule has 0 saturated heterocycles. The van der Waals surface area contributed by atoms with Crippen LogP contribution >= 0.6 is 22.7 Å². The molecule has 104 valence electrons. The Morgan fingerprint density at radius 3 is 2.81 bits per heavy atom. The highest BCUT2D eigenvalue weighted by atomic mass is 32.1. The SMILES string of the molecule is CNc1nc(-c2cc3sccc3s2)nc2c(C)cccc12. The lowest BCUT2D eigenvalue weighted by Crippen LogP contribution is -1.99. The number of rotatable bonds is 2. The van der Waals surface area contributed by atoms with Gasteiger partial charge in [0.1, 0.15) is 5.82 Å². The molecule has 3 nitrogen and oxygen atoms in total. The highest BCUT2D eigenvalue weighted by Crippen LogP contribution is 2.36. The van der Waals surface area contributed by atoms with Crippen LogP contribution in [-0.2, 0) is 0 Å². The van der Waals surface area contributed by atoms with Crippen molar-refractivity contribution in [2.24, 2.45) is 0 Å². The number of hydrogen-bond donors (Lipinski definition) is 1. The van der Waals surface area contributed by atoms with Gasteiger partial charge >= 0.3 is 0 Å². The third-order valence-corrected chi connectivity index (χ3v) is 5.61. The Bertz CT molecular complexity index is 924. The molecule has 0 fully saturated rings. The molecule has 0 aliphatic heterocycles. The van der Waals surface area contributed by atoms with Crippen LogP contribution in [0.3, 0.4) is 0 Å². The Labute approximate surface area is 130 Å². The summed E-state index contributed by atoms with van der Waals surface area (Å²) in [7, 11) is 1.90. The Kier molecular flexibility index (Phi) is 2.90. The Balaban J connectivity index is 2.00. The average molecular weight is 311 g/mol. The number of thiophene rings is 2. The summed E-state index contributed by atoms with van der Waals surface area (Å²) in [5, 5.41) is 6.38. The first-order valence-electron chi connectivity index (χ1n) is 6.69. The number of nitrogens with zero attached hydrogens (tertiary/aromatic N) is 2. The van der Waals surface area contributed by atoms with Gasteiger partial charge in [-0.2, -0.15) is 0 Å². The summed E-state index contributed by atoms with van der Waals surface area (Å²) in [5.41, 5.74) is 2.19.